The molecule has 0 amide bonds. The summed E-state index contributed by atoms with van der Waals surface area (Å²) in [6, 6.07) is 0. The van der Waals surface area contributed by atoms with Crippen molar-refractivity contribution in [2.24, 2.45) is 0 Å². The molecule has 1 aliphatic heterocycles. The van der Waals surface area contributed by atoms with Gasteiger partial charge >= 0.3 is 131 Å². The summed E-state index contributed by atoms with van der Waals surface area (Å²) >= 11 is -1.96. The molecule has 1 atom stereocenters. The molecule has 0 N–H and O–H groups in total. The van der Waals surface area contributed by atoms with E-state index in [1.54, 1.807) is 13.3 Å². The minimum absolute atomic E-state index is 0.603. The first kappa shape index (κ1) is 18.5. The Morgan fingerprint density at radius 2 is 1.45 bits per heavy atom. The maximum absolute atomic E-state index is 5.32. The summed E-state index contributed by atoms with van der Waals surface area (Å²) in [7, 11) is 0. The molecule has 1 heterocycles. The van der Waals surface area contributed by atoms with E-state index in [-0.39, 0.29) is 0 Å². The van der Waals surface area contributed by atoms with Crippen molar-refractivity contribution in [3.63, 3.8) is 0 Å². The predicted molar refractivity (Wildman–Crippen MR) is 93.0 cm³/mol. The summed E-state index contributed by atoms with van der Waals surface area (Å²) in [5, 5.41) is 0. The molecule has 1 aliphatic rings. The van der Waals surface area contributed by atoms with Gasteiger partial charge in [0, 0.05) is 0 Å². The van der Waals surface area contributed by atoms with Gasteiger partial charge in [0.2, 0.25) is 0 Å². The van der Waals surface area contributed by atoms with Crippen LogP contribution < -0.4 is 0 Å². The molecule has 0 aromatic heterocycles. The Hall–Kier alpha value is 0.499. The molecule has 20 heavy (non-hydrogen) atoms. The second-order valence-electron chi connectivity index (χ2n) is 6.61. The van der Waals surface area contributed by atoms with Gasteiger partial charge in [-0.05, 0) is 0 Å². The second kappa shape index (κ2) is 11.1. The van der Waals surface area contributed by atoms with Crippen molar-refractivity contribution in [3.05, 3.63) is 10.2 Å². The number of ether oxygens (including phenoxy) is 1. The molecule has 0 spiro atoms. The van der Waals surface area contributed by atoms with Gasteiger partial charge in [-0.1, -0.05) is 0 Å². The van der Waals surface area contributed by atoms with Crippen molar-refractivity contribution >= 4 is 18.4 Å². The van der Waals surface area contributed by atoms with E-state index in [1.165, 1.54) is 51.4 Å². The van der Waals surface area contributed by atoms with Gasteiger partial charge in [-0.2, -0.15) is 0 Å². The zero-order chi connectivity index (χ0) is 14.7. The molecular weight excluding hydrogens is 351 g/mol. The average molecular weight is 387 g/mol. The molecular formula is C18H36OSn. The van der Waals surface area contributed by atoms with Crippen LogP contribution in [0.2, 0.25) is 13.3 Å². The summed E-state index contributed by atoms with van der Waals surface area (Å²) in [6.07, 6.45) is 14.2. The minimum atomic E-state index is -1.96. The van der Waals surface area contributed by atoms with E-state index < -0.39 is 18.4 Å². The van der Waals surface area contributed by atoms with Crippen molar-refractivity contribution in [3.8, 4) is 0 Å². The fourth-order valence-electron chi connectivity index (χ4n) is 3.06. The van der Waals surface area contributed by atoms with Crippen LogP contribution in [0.1, 0.15) is 72.1 Å². The Bertz CT molecular complexity index is 236. The van der Waals surface area contributed by atoms with E-state index in [0.29, 0.717) is 6.10 Å². The molecule has 1 fully saturated rings. The van der Waals surface area contributed by atoms with Crippen LogP contribution in [-0.2, 0) is 4.74 Å². The molecule has 1 saturated heterocycles. The number of unbranched alkanes of at least 4 members (excludes halogenated alkanes) is 3. The molecule has 0 bridgehead atoms. The van der Waals surface area contributed by atoms with Gasteiger partial charge in [-0.3, -0.25) is 0 Å². The van der Waals surface area contributed by atoms with E-state index in [4.69, 9.17) is 4.74 Å². The van der Waals surface area contributed by atoms with Crippen LogP contribution >= 0.6 is 0 Å². The predicted octanol–water partition coefficient (Wildman–Crippen LogP) is 6.11. The first-order valence-corrected chi connectivity index (χ1v) is 16.8. The standard InChI is InChI=1S/C6H9O.3C4H9.Sn/c1-2-3-4-6-5-7-6;3*1-3-4-2;/h1-2,6H,3-5H2;3*1,3-4H2,2H3;. The van der Waals surface area contributed by atoms with Gasteiger partial charge in [-0.15, -0.1) is 0 Å². The quantitative estimate of drug-likeness (QED) is 0.274. The molecule has 2 heteroatoms. The first-order valence-electron chi connectivity index (χ1n) is 9.05. The summed E-state index contributed by atoms with van der Waals surface area (Å²) < 4.78 is 12.9. The maximum atomic E-state index is 5.32. The molecule has 0 saturated carbocycles. The van der Waals surface area contributed by atoms with Crippen LogP contribution in [0.3, 0.4) is 0 Å². The van der Waals surface area contributed by atoms with Crippen molar-refractivity contribution in [1.29, 1.82) is 0 Å². The Labute approximate surface area is 131 Å². The number of rotatable bonds is 13. The number of allylic oxidation sites excluding steroid dienone is 1. The number of epoxide rings is 1. The van der Waals surface area contributed by atoms with E-state index in [1.807, 2.05) is 0 Å². The van der Waals surface area contributed by atoms with Crippen molar-refractivity contribution < 1.29 is 4.74 Å². The summed E-state index contributed by atoms with van der Waals surface area (Å²) in [4.78, 5) is 0. The number of hydrogen-bond donors (Lipinski definition) is 0. The zero-order valence-corrected chi connectivity index (χ0v) is 17.0. The molecule has 1 rings (SSSR count). The van der Waals surface area contributed by atoms with E-state index in [9.17, 15) is 0 Å². The van der Waals surface area contributed by atoms with Crippen LogP contribution in [0.4, 0.5) is 0 Å². The van der Waals surface area contributed by atoms with Gasteiger partial charge < -0.3 is 0 Å². The van der Waals surface area contributed by atoms with E-state index >= 15 is 0 Å². The van der Waals surface area contributed by atoms with Gasteiger partial charge in [0.15, 0.2) is 0 Å². The Morgan fingerprint density at radius 3 is 1.85 bits per heavy atom. The molecule has 0 aliphatic carbocycles. The Balaban J connectivity index is 2.53. The normalized spacial score (nSPS) is 18.9. The third-order valence-electron chi connectivity index (χ3n) is 4.61. The Kier molecular flexibility index (Phi) is 10.3. The number of hydrogen-bond acceptors (Lipinski definition) is 1. The zero-order valence-electron chi connectivity index (χ0n) is 14.1. The van der Waals surface area contributed by atoms with Gasteiger partial charge in [0.25, 0.3) is 0 Å². The van der Waals surface area contributed by atoms with E-state index in [0.717, 1.165) is 6.61 Å². The van der Waals surface area contributed by atoms with Gasteiger partial charge in [0.1, 0.15) is 0 Å². The van der Waals surface area contributed by atoms with Crippen LogP contribution in [0.5, 0.6) is 0 Å². The monoisotopic (exact) mass is 388 g/mol. The van der Waals surface area contributed by atoms with Crippen molar-refractivity contribution in [1.82, 2.24) is 0 Å². The van der Waals surface area contributed by atoms with Crippen LogP contribution in [0.15, 0.2) is 10.2 Å². The van der Waals surface area contributed by atoms with Crippen molar-refractivity contribution in [2.45, 2.75) is 91.6 Å². The average Bonchev–Trinajstić information content (AvgIpc) is 3.29. The third-order valence-corrected chi connectivity index (χ3v) is 18.9. The SMILES string of the molecule is CCC[CH2][Sn](/[CH]=C/CCC1CO1)([CH2]CCC)[CH2]CCC. The van der Waals surface area contributed by atoms with Gasteiger partial charge in [0.05, 0.1) is 0 Å². The first-order chi connectivity index (χ1) is 9.76. The third kappa shape index (κ3) is 8.07. The Morgan fingerprint density at radius 1 is 0.950 bits per heavy atom. The summed E-state index contributed by atoms with van der Waals surface area (Å²) in [6.45, 7) is 8.07. The molecule has 1 nitrogen and oxygen atoms in total. The second-order valence-corrected chi connectivity index (χ2v) is 19.6. The molecule has 0 radical (unpaired) electrons. The molecule has 0 aromatic rings. The van der Waals surface area contributed by atoms with Crippen LogP contribution in [0, 0.1) is 0 Å². The molecule has 118 valence electrons. The van der Waals surface area contributed by atoms with Gasteiger partial charge in [-0.25, -0.2) is 0 Å². The van der Waals surface area contributed by atoms with Crippen LogP contribution in [-0.4, -0.2) is 31.1 Å². The van der Waals surface area contributed by atoms with E-state index in [2.05, 4.69) is 30.9 Å². The summed E-state index contributed by atoms with van der Waals surface area (Å²) in [5.74, 6) is 0. The molecule has 0 aromatic carbocycles. The molecule has 1 unspecified atom stereocenters. The fraction of sp³-hybridized carbons (Fsp3) is 0.889. The topological polar surface area (TPSA) is 12.5 Å². The summed E-state index contributed by atoms with van der Waals surface area (Å²) in [5.41, 5.74) is 0. The van der Waals surface area contributed by atoms with Crippen LogP contribution in [0.25, 0.3) is 0 Å². The fourth-order valence-corrected chi connectivity index (χ4v) is 17.6. The van der Waals surface area contributed by atoms with Crippen molar-refractivity contribution in [2.75, 3.05) is 6.61 Å².